The van der Waals surface area contributed by atoms with Crippen LogP contribution in [0.4, 0.5) is 4.39 Å². The molecule has 0 unspecified atom stereocenters. The summed E-state index contributed by atoms with van der Waals surface area (Å²) in [6, 6.07) is 0. The van der Waals surface area contributed by atoms with Gasteiger partial charge < -0.3 is 9.80 Å². The highest BCUT2D eigenvalue weighted by atomic mass is 19.1. The van der Waals surface area contributed by atoms with Crippen LogP contribution in [0.2, 0.25) is 0 Å². The lowest BCUT2D eigenvalue weighted by molar-refractivity contribution is -0.124. The molecular weight excluding hydrogens is 175 g/mol. The normalized spacial score (nSPS) is 20.7. The quantitative estimate of drug-likeness (QED) is 0.555. The maximum absolute atomic E-state index is 11.8. The number of amides is 2. The largest absolute Gasteiger partial charge is 0.345 e. The number of hydrogen-bond acceptors (Lipinski definition) is 2. The molecule has 2 amide bonds. The molecule has 5 heteroatoms. The van der Waals surface area contributed by atoms with E-state index < -0.39 is 6.17 Å². The molecule has 13 heavy (non-hydrogen) atoms. The minimum Gasteiger partial charge on any atom is -0.345 e. The molecule has 0 aliphatic carbocycles. The Bertz CT molecular complexity index is 179. The van der Waals surface area contributed by atoms with Crippen LogP contribution in [0.1, 0.15) is 6.42 Å². The van der Waals surface area contributed by atoms with Crippen molar-refractivity contribution in [3.05, 3.63) is 0 Å². The zero-order valence-corrected chi connectivity index (χ0v) is 7.36. The van der Waals surface area contributed by atoms with E-state index in [0.717, 1.165) is 19.5 Å². The fourth-order valence-corrected chi connectivity index (χ4v) is 0.988. The molecule has 0 saturated carbocycles. The number of alkyl halides is 1. The van der Waals surface area contributed by atoms with Crippen molar-refractivity contribution in [2.45, 2.75) is 12.6 Å². The summed E-state index contributed by atoms with van der Waals surface area (Å²) >= 11 is 0. The SMILES string of the molecule is O=CN1CC(F)C1.O=CN1CCC1. The molecule has 0 aromatic heterocycles. The molecule has 0 bridgehead atoms. The summed E-state index contributed by atoms with van der Waals surface area (Å²) < 4.78 is 11.8. The lowest BCUT2D eigenvalue weighted by atomic mass is 10.2. The van der Waals surface area contributed by atoms with E-state index in [0.29, 0.717) is 19.5 Å². The third kappa shape index (κ3) is 3.01. The fourth-order valence-electron chi connectivity index (χ4n) is 0.988. The van der Waals surface area contributed by atoms with Crippen LogP contribution < -0.4 is 0 Å². The lowest BCUT2D eigenvalue weighted by Crippen LogP contribution is -2.47. The molecule has 74 valence electrons. The first-order chi connectivity index (χ1) is 6.26. The first kappa shape index (κ1) is 9.95. The molecule has 2 saturated heterocycles. The van der Waals surface area contributed by atoms with Crippen LogP contribution in [0.3, 0.4) is 0 Å². The number of hydrogen-bond donors (Lipinski definition) is 0. The van der Waals surface area contributed by atoms with Crippen LogP contribution in [0.25, 0.3) is 0 Å². The molecule has 2 rings (SSSR count). The van der Waals surface area contributed by atoms with Crippen molar-refractivity contribution in [1.82, 2.24) is 9.80 Å². The van der Waals surface area contributed by atoms with E-state index in [1.54, 1.807) is 4.90 Å². The Kier molecular flexibility index (Phi) is 3.67. The minimum atomic E-state index is -0.759. The molecule has 2 aliphatic heterocycles. The van der Waals surface area contributed by atoms with Gasteiger partial charge in [0.1, 0.15) is 6.17 Å². The third-order valence-electron chi connectivity index (χ3n) is 2.05. The number of likely N-dealkylation sites (tertiary alicyclic amines) is 2. The van der Waals surface area contributed by atoms with Gasteiger partial charge >= 0.3 is 0 Å². The topological polar surface area (TPSA) is 40.6 Å². The minimum absolute atomic E-state index is 0.295. The summed E-state index contributed by atoms with van der Waals surface area (Å²) in [5, 5.41) is 0. The van der Waals surface area contributed by atoms with E-state index in [2.05, 4.69) is 0 Å². The van der Waals surface area contributed by atoms with Gasteiger partial charge in [0.15, 0.2) is 0 Å². The highest BCUT2D eigenvalue weighted by Gasteiger charge is 2.23. The summed E-state index contributed by atoms with van der Waals surface area (Å²) in [7, 11) is 0. The Labute approximate surface area is 76.3 Å². The van der Waals surface area contributed by atoms with Gasteiger partial charge in [0, 0.05) is 13.1 Å². The van der Waals surface area contributed by atoms with Crippen LogP contribution in [0.15, 0.2) is 0 Å². The van der Waals surface area contributed by atoms with Gasteiger partial charge in [-0.05, 0) is 6.42 Å². The molecule has 0 aromatic rings. The Morgan fingerprint density at radius 1 is 1.08 bits per heavy atom. The Hall–Kier alpha value is -1.13. The first-order valence-electron chi connectivity index (χ1n) is 4.29. The average Bonchev–Trinajstić information content (AvgIpc) is 1.98. The van der Waals surface area contributed by atoms with Crippen LogP contribution in [0.5, 0.6) is 0 Å². The van der Waals surface area contributed by atoms with Crippen molar-refractivity contribution in [2.75, 3.05) is 26.2 Å². The Morgan fingerprint density at radius 3 is 1.69 bits per heavy atom. The summed E-state index contributed by atoms with van der Waals surface area (Å²) in [6.45, 7) is 2.54. The van der Waals surface area contributed by atoms with Gasteiger partial charge in [-0.25, -0.2) is 4.39 Å². The summed E-state index contributed by atoms with van der Waals surface area (Å²) in [5.74, 6) is 0. The first-order valence-corrected chi connectivity index (χ1v) is 4.29. The van der Waals surface area contributed by atoms with Crippen LogP contribution in [-0.4, -0.2) is 55.0 Å². The lowest BCUT2D eigenvalue weighted by Gasteiger charge is -2.29. The highest BCUT2D eigenvalue weighted by Crippen LogP contribution is 2.06. The third-order valence-corrected chi connectivity index (χ3v) is 2.05. The summed E-state index contributed by atoms with van der Waals surface area (Å²) in [4.78, 5) is 22.5. The second-order valence-corrected chi connectivity index (χ2v) is 3.15. The predicted molar refractivity (Wildman–Crippen MR) is 44.8 cm³/mol. The smallest absolute Gasteiger partial charge is 0.209 e. The van der Waals surface area contributed by atoms with Crippen molar-refractivity contribution in [3.8, 4) is 0 Å². The van der Waals surface area contributed by atoms with E-state index in [1.807, 2.05) is 0 Å². The number of carbonyl (C=O) groups excluding carboxylic acids is 2. The zero-order chi connectivity index (χ0) is 9.68. The predicted octanol–water partition coefficient (Wildman–Crippen LogP) is -0.355. The zero-order valence-electron chi connectivity index (χ0n) is 7.36. The number of halogens is 1. The number of carbonyl (C=O) groups is 2. The van der Waals surface area contributed by atoms with Gasteiger partial charge in [-0.15, -0.1) is 0 Å². The molecule has 4 nitrogen and oxygen atoms in total. The Morgan fingerprint density at radius 2 is 1.62 bits per heavy atom. The molecule has 2 fully saturated rings. The van der Waals surface area contributed by atoms with E-state index >= 15 is 0 Å². The number of rotatable bonds is 2. The van der Waals surface area contributed by atoms with Crippen molar-refractivity contribution < 1.29 is 14.0 Å². The maximum atomic E-state index is 11.8. The van der Waals surface area contributed by atoms with E-state index in [4.69, 9.17) is 0 Å². The molecule has 0 spiro atoms. The molecule has 0 aromatic carbocycles. The van der Waals surface area contributed by atoms with Crippen molar-refractivity contribution in [2.24, 2.45) is 0 Å². The second kappa shape index (κ2) is 4.79. The summed E-state index contributed by atoms with van der Waals surface area (Å²) in [6.07, 6.45) is 1.99. The van der Waals surface area contributed by atoms with Gasteiger partial charge in [-0.2, -0.15) is 0 Å². The van der Waals surface area contributed by atoms with Crippen LogP contribution in [-0.2, 0) is 9.59 Å². The second-order valence-electron chi connectivity index (χ2n) is 3.15. The van der Waals surface area contributed by atoms with Gasteiger partial charge in [-0.1, -0.05) is 0 Å². The molecule has 0 N–H and O–H groups in total. The maximum Gasteiger partial charge on any atom is 0.209 e. The van der Waals surface area contributed by atoms with E-state index in [-0.39, 0.29) is 0 Å². The van der Waals surface area contributed by atoms with Gasteiger partial charge in [0.25, 0.3) is 0 Å². The van der Waals surface area contributed by atoms with E-state index in [9.17, 15) is 14.0 Å². The van der Waals surface area contributed by atoms with Gasteiger partial charge in [0.05, 0.1) is 13.1 Å². The average molecular weight is 188 g/mol. The molecule has 0 radical (unpaired) electrons. The van der Waals surface area contributed by atoms with Gasteiger partial charge in [-0.3, -0.25) is 9.59 Å². The van der Waals surface area contributed by atoms with Crippen molar-refractivity contribution in [1.29, 1.82) is 0 Å². The van der Waals surface area contributed by atoms with Crippen LogP contribution in [0, 0.1) is 0 Å². The number of nitrogens with zero attached hydrogens (tertiary/aromatic N) is 2. The Balaban J connectivity index is 0.000000132. The van der Waals surface area contributed by atoms with Gasteiger partial charge in [0.2, 0.25) is 12.8 Å². The summed E-state index contributed by atoms with van der Waals surface area (Å²) in [5.41, 5.74) is 0. The highest BCUT2D eigenvalue weighted by molar-refractivity contribution is 5.48. The fraction of sp³-hybridized carbons (Fsp3) is 0.750. The van der Waals surface area contributed by atoms with E-state index in [1.165, 1.54) is 11.3 Å². The molecular formula is C8H13FN2O2. The molecule has 2 aliphatic rings. The molecule has 2 heterocycles. The van der Waals surface area contributed by atoms with Crippen molar-refractivity contribution >= 4 is 12.8 Å². The monoisotopic (exact) mass is 188 g/mol. The van der Waals surface area contributed by atoms with Crippen molar-refractivity contribution in [3.63, 3.8) is 0 Å². The standard InChI is InChI=1S/C4H6FNO.C4H7NO/c5-4-1-6(2-4)3-7;6-4-5-2-1-3-5/h3-4H,1-2H2;4H,1-3H2. The van der Waals surface area contributed by atoms with Crippen LogP contribution >= 0.6 is 0 Å². The molecule has 0 atom stereocenters.